The Labute approximate surface area is 112 Å². The van der Waals surface area contributed by atoms with Gasteiger partial charge in [-0.2, -0.15) is 0 Å². The van der Waals surface area contributed by atoms with E-state index < -0.39 is 0 Å². The molecule has 0 aliphatic rings. The zero-order chi connectivity index (χ0) is 14.3. The summed E-state index contributed by atoms with van der Waals surface area (Å²) in [5.74, 6) is -0.433. The highest BCUT2D eigenvalue weighted by Gasteiger charge is 2.06. The lowest BCUT2D eigenvalue weighted by Crippen LogP contribution is -2.42. The number of hydrazine groups is 1. The van der Waals surface area contributed by atoms with Gasteiger partial charge in [-0.15, -0.1) is 0 Å². The van der Waals surface area contributed by atoms with Crippen molar-refractivity contribution in [2.75, 3.05) is 0 Å². The van der Waals surface area contributed by atoms with Crippen LogP contribution in [-0.2, 0) is 16.0 Å². The lowest BCUT2D eigenvalue weighted by atomic mass is 10.1. The molecule has 0 bridgehead atoms. The lowest BCUT2D eigenvalue weighted by molar-refractivity contribution is -0.128. The Morgan fingerprint density at radius 2 is 1.68 bits per heavy atom. The minimum atomic E-state index is -0.342. The van der Waals surface area contributed by atoms with Crippen LogP contribution >= 0.6 is 0 Å². The molecule has 5 heteroatoms. The average molecular weight is 266 g/mol. The van der Waals surface area contributed by atoms with Crippen LogP contribution < -0.4 is 10.9 Å². The topological polar surface area (TPSA) is 58.2 Å². The Hall–Kier alpha value is -1.91. The van der Waals surface area contributed by atoms with E-state index in [1.807, 2.05) is 13.8 Å². The molecule has 0 aromatic heterocycles. The van der Waals surface area contributed by atoms with Gasteiger partial charge >= 0.3 is 0 Å². The van der Waals surface area contributed by atoms with Crippen LogP contribution in [0.1, 0.15) is 32.3 Å². The molecule has 0 unspecified atom stereocenters. The molecule has 0 aliphatic heterocycles. The van der Waals surface area contributed by atoms with Gasteiger partial charge in [0.05, 0.1) is 6.42 Å². The van der Waals surface area contributed by atoms with Gasteiger partial charge in [0.15, 0.2) is 0 Å². The van der Waals surface area contributed by atoms with Crippen molar-refractivity contribution in [3.8, 4) is 0 Å². The number of rotatable bonds is 5. The molecule has 104 valence electrons. The quantitative estimate of drug-likeness (QED) is 0.800. The summed E-state index contributed by atoms with van der Waals surface area (Å²) in [6, 6.07) is 5.67. The van der Waals surface area contributed by atoms with Crippen molar-refractivity contribution < 1.29 is 14.0 Å². The number of hydrogen-bond donors (Lipinski definition) is 2. The first-order valence-corrected chi connectivity index (χ1v) is 6.29. The summed E-state index contributed by atoms with van der Waals surface area (Å²) in [5.41, 5.74) is 5.38. The zero-order valence-corrected chi connectivity index (χ0v) is 11.2. The summed E-state index contributed by atoms with van der Waals surface area (Å²) < 4.78 is 12.7. The summed E-state index contributed by atoms with van der Waals surface area (Å²) in [4.78, 5) is 22.9. The Balaban J connectivity index is 2.28. The van der Waals surface area contributed by atoms with Gasteiger partial charge in [-0.25, -0.2) is 4.39 Å². The maximum Gasteiger partial charge on any atom is 0.242 e. The number of amides is 2. The fourth-order valence-electron chi connectivity index (χ4n) is 1.45. The molecule has 19 heavy (non-hydrogen) atoms. The molecule has 0 atom stereocenters. The molecule has 1 rings (SSSR count). The second-order valence-corrected chi connectivity index (χ2v) is 4.83. The minimum Gasteiger partial charge on any atom is -0.273 e. The van der Waals surface area contributed by atoms with E-state index in [1.54, 1.807) is 0 Å². The van der Waals surface area contributed by atoms with Crippen LogP contribution in [0.3, 0.4) is 0 Å². The van der Waals surface area contributed by atoms with Crippen LogP contribution in [0.2, 0.25) is 0 Å². The summed E-state index contributed by atoms with van der Waals surface area (Å²) >= 11 is 0. The number of halogens is 1. The van der Waals surface area contributed by atoms with E-state index >= 15 is 0 Å². The second-order valence-electron chi connectivity index (χ2n) is 4.83. The van der Waals surface area contributed by atoms with Gasteiger partial charge in [-0.3, -0.25) is 20.4 Å². The van der Waals surface area contributed by atoms with Crippen molar-refractivity contribution in [2.24, 2.45) is 5.92 Å². The zero-order valence-electron chi connectivity index (χ0n) is 11.2. The molecule has 0 saturated carbocycles. The van der Waals surface area contributed by atoms with Crippen LogP contribution in [0.25, 0.3) is 0 Å². The first-order chi connectivity index (χ1) is 8.97. The largest absolute Gasteiger partial charge is 0.273 e. The van der Waals surface area contributed by atoms with Gasteiger partial charge in [0.25, 0.3) is 0 Å². The molecule has 0 fully saturated rings. The molecule has 2 amide bonds. The Morgan fingerprint density at radius 3 is 2.26 bits per heavy atom. The fourth-order valence-corrected chi connectivity index (χ4v) is 1.45. The molecule has 4 nitrogen and oxygen atoms in total. The smallest absolute Gasteiger partial charge is 0.242 e. The van der Waals surface area contributed by atoms with Gasteiger partial charge in [0.1, 0.15) is 5.82 Å². The maximum atomic E-state index is 12.7. The van der Waals surface area contributed by atoms with E-state index in [2.05, 4.69) is 10.9 Å². The van der Waals surface area contributed by atoms with Crippen molar-refractivity contribution in [2.45, 2.75) is 33.1 Å². The molecule has 0 spiro atoms. The first kappa shape index (κ1) is 15.1. The van der Waals surface area contributed by atoms with Crippen LogP contribution in [0.15, 0.2) is 24.3 Å². The van der Waals surface area contributed by atoms with Crippen LogP contribution in [0.5, 0.6) is 0 Å². The van der Waals surface area contributed by atoms with E-state index in [4.69, 9.17) is 0 Å². The Kier molecular flexibility index (Phi) is 5.99. The third-order valence-corrected chi connectivity index (χ3v) is 2.57. The molecule has 0 aliphatic carbocycles. The molecule has 0 radical (unpaired) electrons. The highest BCUT2D eigenvalue weighted by Crippen LogP contribution is 2.04. The highest BCUT2D eigenvalue weighted by atomic mass is 19.1. The van der Waals surface area contributed by atoms with Crippen LogP contribution in [0, 0.1) is 11.7 Å². The van der Waals surface area contributed by atoms with Gasteiger partial charge in [0.2, 0.25) is 11.8 Å². The van der Waals surface area contributed by atoms with Gasteiger partial charge in [-0.1, -0.05) is 26.0 Å². The third-order valence-electron chi connectivity index (χ3n) is 2.57. The number of carbonyl (C=O) groups excluding carboxylic acids is 2. The van der Waals surface area contributed by atoms with E-state index in [9.17, 15) is 14.0 Å². The number of hydrogen-bond acceptors (Lipinski definition) is 2. The minimum absolute atomic E-state index is 0.102. The predicted octanol–water partition coefficient (Wildman–Crippen LogP) is 1.95. The third kappa shape index (κ3) is 6.55. The molecule has 2 N–H and O–H groups in total. The van der Waals surface area contributed by atoms with Crippen molar-refractivity contribution in [1.29, 1.82) is 0 Å². The standard InChI is InChI=1S/C14H19FN2O2/c1-10(2)3-8-13(18)16-17-14(19)9-11-4-6-12(15)7-5-11/h4-7,10H,3,8-9H2,1-2H3,(H,16,18)(H,17,19). The highest BCUT2D eigenvalue weighted by molar-refractivity contribution is 5.83. The molecular weight excluding hydrogens is 247 g/mol. The van der Waals surface area contributed by atoms with Gasteiger partial charge in [-0.05, 0) is 30.0 Å². The molecule has 0 saturated heterocycles. The molecule has 0 heterocycles. The van der Waals surface area contributed by atoms with Crippen LogP contribution in [-0.4, -0.2) is 11.8 Å². The van der Waals surface area contributed by atoms with Crippen molar-refractivity contribution in [3.05, 3.63) is 35.6 Å². The van der Waals surface area contributed by atoms with Crippen molar-refractivity contribution in [1.82, 2.24) is 10.9 Å². The monoisotopic (exact) mass is 266 g/mol. The Morgan fingerprint density at radius 1 is 1.11 bits per heavy atom. The SMILES string of the molecule is CC(C)CCC(=O)NNC(=O)Cc1ccc(F)cc1. The summed E-state index contributed by atoms with van der Waals surface area (Å²) in [5, 5.41) is 0. The molecule has 1 aromatic carbocycles. The summed E-state index contributed by atoms with van der Waals surface area (Å²) in [6.45, 7) is 4.06. The van der Waals surface area contributed by atoms with E-state index in [-0.39, 0.29) is 24.1 Å². The normalized spacial score (nSPS) is 10.3. The first-order valence-electron chi connectivity index (χ1n) is 6.29. The predicted molar refractivity (Wildman–Crippen MR) is 70.5 cm³/mol. The maximum absolute atomic E-state index is 12.7. The second kappa shape index (κ2) is 7.51. The lowest BCUT2D eigenvalue weighted by Gasteiger charge is -2.08. The van der Waals surface area contributed by atoms with Crippen molar-refractivity contribution in [3.63, 3.8) is 0 Å². The van der Waals surface area contributed by atoms with E-state index in [0.29, 0.717) is 17.9 Å². The van der Waals surface area contributed by atoms with E-state index in [0.717, 1.165) is 6.42 Å². The van der Waals surface area contributed by atoms with E-state index in [1.165, 1.54) is 24.3 Å². The summed E-state index contributed by atoms with van der Waals surface area (Å²) in [6.07, 6.45) is 1.26. The van der Waals surface area contributed by atoms with Gasteiger partial charge < -0.3 is 0 Å². The number of benzene rings is 1. The number of carbonyl (C=O) groups is 2. The Bertz CT molecular complexity index is 430. The summed E-state index contributed by atoms with van der Waals surface area (Å²) in [7, 11) is 0. The molecule has 1 aromatic rings. The van der Waals surface area contributed by atoms with Gasteiger partial charge in [0, 0.05) is 6.42 Å². The van der Waals surface area contributed by atoms with Crippen LogP contribution in [0.4, 0.5) is 4.39 Å². The van der Waals surface area contributed by atoms with Crippen molar-refractivity contribution >= 4 is 11.8 Å². The number of nitrogens with one attached hydrogen (secondary N) is 2. The fraction of sp³-hybridized carbons (Fsp3) is 0.429. The average Bonchev–Trinajstić information content (AvgIpc) is 2.36. The molecular formula is C14H19FN2O2.